The van der Waals surface area contributed by atoms with Gasteiger partial charge in [0.15, 0.2) is 16.6 Å². The monoisotopic (exact) mass is 495 g/mol. The number of hydrogen-bond donors (Lipinski definition) is 0. The van der Waals surface area contributed by atoms with Crippen LogP contribution in [0.1, 0.15) is 5.56 Å². The van der Waals surface area contributed by atoms with Gasteiger partial charge < -0.3 is 19.1 Å². The normalized spacial score (nSPS) is 11.9. The lowest BCUT2D eigenvalue weighted by Crippen LogP contribution is -2.35. The van der Waals surface area contributed by atoms with Crippen molar-refractivity contribution < 1.29 is 32.2 Å². The van der Waals surface area contributed by atoms with Crippen molar-refractivity contribution in [2.24, 2.45) is 0 Å². The number of fused-ring (bicyclic) bond motifs is 1. The molecule has 0 aliphatic carbocycles. The predicted octanol–water partition coefficient (Wildman–Crippen LogP) is 4.82. The van der Waals surface area contributed by atoms with Gasteiger partial charge in [-0.1, -0.05) is 17.4 Å². The first-order valence-electron chi connectivity index (χ1n) is 10.1. The first-order chi connectivity index (χ1) is 16.1. The van der Waals surface area contributed by atoms with Crippen LogP contribution in [0.3, 0.4) is 0 Å². The topological polar surface area (TPSA) is 64.1 Å². The van der Waals surface area contributed by atoms with Gasteiger partial charge in [0.2, 0.25) is 0 Å². The van der Waals surface area contributed by atoms with Gasteiger partial charge in [0.1, 0.15) is 5.75 Å². The number of carbonyl (C=O) groups excluding carboxylic acids is 1. The van der Waals surface area contributed by atoms with E-state index < -0.39 is 6.36 Å². The summed E-state index contributed by atoms with van der Waals surface area (Å²) in [7, 11) is 6.82. The number of ether oxygens (including phenoxy) is 3. The van der Waals surface area contributed by atoms with Gasteiger partial charge in [0.05, 0.1) is 24.4 Å². The van der Waals surface area contributed by atoms with E-state index in [0.29, 0.717) is 39.9 Å². The van der Waals surface area contributed by atoms with E-state index in [2.05, 4.69) is 9.72 Å². The summed E-state index contributed by atoms with van der Waals surface area (Å²) in [6.45, 7) is 0.905. The minimum atomic E-state index is -4.79. The van der Waals surface area contributed by atoms with Crippen LogP contribution in [0, 0.1) is 0 Å². The standard InChI is InChI=1S/C23H24F3N3O4S/c1-28(2)11-12-29(21(30)10-6-15-5-9-18(31-3)19(13-15)32-4)22-27-17-8-7-16(14-20(17)34-22)33-23(24,25)26/h5-10,13-14H,11-12H2,1-4H3/b10-6-. The molecule has 11 heteroatoms. The maximum Gasteiger partial charge on any atom is 0.573 e. The van der Waals surface area contributed by atoms with Crippen molar-refractivity contribution in [2.75, 3.05) is 46.3 Å². The molecule has 0 atom stereocenters. The number of rotatable bonds is 9. The van der Waals surface area contributed by atoms with Crippen LogP contribution in [0.2, 0.25) is 0 Å². The van der Waals surface area contributed by atoms with Crippen molar-refractivity contribution in [3.05, 3.63) is 48.0 Å². The fourth-order valence-electron chi connectivity index (χ4n) is 3.02. The van der Waals surface area contributed by atoms with Crippen LogP contribution >= 0.6 is 11.3 Å². The number of carbonyl (C=O) groups is 1. The van der Waals surface area contributed by atoms with E-state index in [1.54, 1.807) is 24.3 Å². The Kier molecular flexibility index (Phi) is 8.00. The third kappa shape index (κ3) is 6.61. The summed E-state index contributed by atoms with van der Waals surface area (Å²) in [6, 6.07) is 9.16. The van der Waals surface area contributed by atoms with Crippen molar-refractivity contribution >= 4 is 38.7 Å². The van der Waals surface area contributed by atoms with Gasteiger partial charge in [-0.15, -0.1) is 13.2 Å². The Bertz CT molecular complexity index is 1180. The van der Waals surface area contributed by atoms with E-state index in [1.165, 1.54) is 43.4 Å². The van der Waals surface area contributed by atoms with E-state index in [0.717, 1.165) is 16.9 Å². The van der Waals surface area contributed by atoms with E-state index in [9.17, 15) is 18.0 Å². The second-order valence-electron chi connectivity index (χ2n) is 7.41. The molecular weight excluding hydrogens is 471 g/mol. The summed E-state index contributed by atoms with van der Waals surface area (Å²) in [5, 5.41) is 0.378. The number of thiazole rings is 1. The van der Waals surface area contributed by atoms with Crippen molar-refractivity contribution in [1.29, 1.82) is 0 Å². The summed E-state index contributed by atoms with van der Waals surface area (Å²) in [4.78, 5) is 21.0. The van der Waals surface area contributed by atoms with Crippen LogP contribution in [0.15, 0.2) is 42.5 Å². The van der Waals surface area contributed by atoms with E-state index >= 15 is 0 Å². The smallest absolute Gasteiger partial charge is 0.493 e. The van der Waals surface area contributed by atoms with Crippen molar-refractivity contribution in [1.82, 2.24) is 9.88 Å². The summed E-state index contributed by atoms with van der Waals surface area (Å²) in [5.74, 6) is 0.448. The van der Waals surface area contributed by atoms with Crippen LogP contribution in [-0.4, -0.2) is 63.6 Å². The SMILES string of the molecule is COc1ccc(/C=C\C(=O)N(CCN(C)C)c2nc3ccc(OC(F)(F)F)cc3s2)cc1OC. The maximum absolute atomic E-state index is 13.1. The lowest BCUT2D eigenvalue weighted by Gasteiger charge is -2.20. The molecule has 0 aliphatic heterocycles. The summed E-state index contributed by atoms with van der Waals surface area (Å²) < 4.78 is 52.7. The van der Waals surface area contributed by atoms with Crippen molar-refractivity contribution in [2.45, 2.75) is 6.36 Å². The fourth-order valence-corrected chi connectivity index (χ4v) is 4.04. The number of benzene rings is 2. The molecule has 182 valence electrons. The van der Waals surface area contributed by atoms with Crippen molar-refractivity contribution in [3.8, 4) is 17.2 Å². The molecule has 1 aromatic heterocycles. The van der Waals surface area contributed by atoms with Gasteiger partial charge in [0.25, 0.3) is 5.91 Å². The second kappa shape index (κ2) is 10.7. The highest BCUT2D eigenvalue weighted by molar-refractivity contribution is 7.22. The number of anilines is 1. The number of aromatic nitrogens is 1. The molecule has 7 nitrogen and oxygen atoms in total. The molecule has 1 heterocycles. The molecule has 3 rings (SSSR count). The first kappa shape index (κ1) is 25.3. The average molecular weight is 496 g/mol. The third-order valence-corrected chi connectivity index (χ3v) is 5.72. The summed E-state index contributed by atoms with van der Waals surface area (Å²) in [6.07, 6.45) is -1.72. The van der Waals surface area contributed by atoms with Gasteiger partial charge in [-0.05, 0) is 50.0 Å². The molecule has 0 bridgehead atoms. The Labute approximate surface area is 199 Å². The minimum absolute atomic E-state index is 0.317. The van der Waals surface area contributed by atoms with Gasteiger partial charge in [-0.25, -0.2) is 4.98 Å². The molecule has 0 spiro atoms. The zero-order chi connectivity index (χ0) is 24.9. The van der Waals surface area contributed by atoms with Crippen LogP contribution in [0.5, 0.6) is 17.2 Å². The molecule has 34 heavy (non-hydrogen) atoms. The fraction of sp³-hybridized carbons (Fsp3) is 0.304. The quantitative estimate of drug-likeness (QED) is 0.397. The third-order valence-electron chi connectivity index (χ3n) is 4.68. The summed E-state index contributed by atoms with van der Waals surface area (Å²) in [5.41, 5.74) is 1.21. The first-order valence-corrected chi connectivity index (χ1v) is 10.9. The molecule has 0 radical (unpaired) electrons. The molecule has 0 N–H and O–H groups in total. The zero-order valence-electron chi connectivity index (χ0n) is 19.0. The Morgan fingerprint density at radius 3 is 2.44 bits per heavy atom. The zero-order valence-corrected chi connectivity index (χ0v) is 19.9. The van der Waals surface area contributed by atoms with Crippen LogP contribution in [-0.2, 0) is 4.79 Å². The van der Waals surface area contributed by atoms with Crippen LogP contribution in [0.4, 0.5) is 18.3 Å². The number of alkyl halides is 3. The predicted molar refractivity (Wildman–Crippen MR) is 126 cm³/mol. The largest absolute Gasteiger partial charge is 0.573 e. The molecule has 1 amide bonds. The number of halogens is 3. The summed E-state index contributed by atoms with van der Waals surface area (Å²) >= 11 is 1.12. The van der Waals surface area contributed by atoms with Crippen LogP contribution in [0.25, 0.3) is 16.3 Å². The molecular formula is C23H24F3N3O4S. The number of likely N-dealkylation sites (N-methyl/N-ethyl adjacent to an activating group) is 1. The Morgan fingerprint density at radius 2 is 1.79 bits per heavy atom. The highest BCUT2D eigenvalue weighted by Gasteiger charge is 2.31. The molecule has 2 aromatic carbocycles. The second-order valence-corrected chi connectivity index (χ2v) is 8.42. The van der Waals surface area contributed by atoms with Gasteiger partial charge in [-0.2, -0.15) is 0 Å². The lowest BCUT2D eigenvalue weighted by molar-refractivity contribution is -0.274. The number of nitrogens with zero attached hydrogens (tertiary/aromatic N) is 3. The molecule has 3 aromatic rings. The molecule has 0 aliphatic rings. The Hall–Kier alpha value is -3.31. The molecule has 0 fully saturated rings. The highest BCUT2D eigenvalue weighted by atomic mass is 32.1. The number of methoxy groups -OCH3 is 2. The minimum Gasteiger partial charge on any atom is -0.493 e. The van der Waals surface area contributed by atoms with Gasteiger partial charge in [0, 0.05) is 25.2 Å². The highest BCUT2D eigenvalue weighted by Crippen LogP contribution is 2.33. The number of hydrogen-bond acceptors (Lipinski definition) is 7. The molecule has 0 unspecified atom stereocenters. The van der Waals surface area contributed by atoms with E-state index in [-0.39, 0.29) is 11.7 Å². The molecule has 0 saturated heterocycles. The Balaban J connectivity index is 1.88. The van der Waals surface area contributed by atoms with Gasteiger partial charge >= 0.3 is 6.36 Å². The number of amides is 1. The van der Waals surface area contributed by atoms with E-state index in [1.807, 2.05) is 19.0 Å². The van der Waals surface area contributed by atoms with Crippen molar-refractivity contribution in [3.63, 3.8) is 0 Å². The van der Waals surface area contributed by atoms with Crippen LogP contribution < -0.4 is 19.1 Å². The maximum atomic E-state index is 13.1. The molecule has 0 saturated carbocycles. The average Bonchev–Trinajstić information content (AvgIpc) is 3.19. The van der Waals surface area contributed by atoms with Gasteiger partial charge in [-0.3, -0.25) is 9.69 Å². The van der Waals surface area contributed by atoms with E-state index in [4.69, 9.17) is 9.47 Å². The Morgan fingerprint density at radius 1 is 1.06 bits per heavy atom. The lowest BCUT2D eigenvalue weighted by atomic mass is 10.2.